The van der Waals surface area contributed by atoms with E-state index in [1.165, 1.54) is 4.90 Å². The van der Waals surface area contributed by atoms with Gasteiger partial charge in [0.15, 0.2) is 17.5 Å². The van der Waals surface area contributed by atoms with Crippen molar-refractivity contribution in [2.75, 3.05) is 47.4 Å². The summed E-state index contributed by atoms with van der Waals surface area (Å²) >= 11 is 0. The number of ether oxygens (including phenoxy) is 2. The predicted molar refractivity (Wildman–Crippen MR) is 88.2 cm³/mol. The highest BCUT2D eigenvalue weighted by Crippen LogP contribution is 2.27. The lowest BCUT2D eigenvalue weighted by Crippen LogP contribution is -3.29. The van der Waals surface area contributed by atoms with E-state index >= 15 is 0 Å². The van der Waals surface area contributed by atoms with Gasteiger partial charge >= 0.3 is 0 Å². The van der Waals surface area contributed by atoms with Gasteiger partial charge in [-0.25, -0.2) is 0 Å². The van der Waals surface area contributed by atoms with Crippen LogP contribution in [0.1, 0.15) is 12.5 Å². The number of amides is 1. The Labute approximate surface area is 138 Å². The van der Waals surface area contributed by atoms with E-state index in [-0.39, 0.29) is 11.9 Å². The third-order valence-electron chi connectivity index (χ3n) is 4.67. The second-order valence-electron chi connectivity index (χ2n) is 6.24. The van der Waals surface area contributed by atoms with Crippen LogP contribution in [0.2, 0.25) is 0 Å². The summed E-state index contributed by atoms with van der Waals surface area (Å²) in [7, 11) is 5.43. The fourth-order valence-electron chi connectivity index (χ4n) is 2.95. The van der Waals surface area contributed by atoms with Crippen LogP contribution < -0.4 is 24.6 Å². The van der Waals surface area contributed by atoms with E-state index in [1.54, 1.807) is 19.1 Å². The van der Waals surface area contributed by atoms with E-state index in [1.807, 2.05) is 25.1 Å². The van der Waals surface area contributed by atoms with Crippen molar-refractivity contribution in [3.05, 3.63) is 23.8 Å². The number of hydrogen-bond donors (Lipinski definition) is 3. The number of hydrogen-bond acceptors (Lipinski definition) is 3. The summed E-state index contributed by atoms with van der Waals surface area (Å²) in [6.45, 7) is 6.88. The van der Waals surface area contributed by atoms with Crippen molar-refractivity contribution in [3.8, 4) is 11.5 Å². The molecule has 128 valence electrons. The molecule has 1 aliphatic heterocycles. The molecule has 1 amide bonds. The SMILES string of the molecule is COc1ccc(CNC(=O)[C@@H](C)[NH+]2CC[NH+](C)CC2)cc1OC. The summed E-state index contributed by atoms with van der Waals surface area (Å²) in [5.41, 5.74) is 1.00. The molecule has 6 nitrogen and oxygen atoms in total. The van der Waals surface area contributed by atoms with E-state index in [2.05, 4.69) is 12.4 Å². The van der Waals surface area contributed by atoms with E-state index in [0.717, 1.165) is 31.7 Å². The van der Waals surface area contributed by atoms with E-state index in [4.69, 9.17) is 9.47 Å². The lowest BCUT2D eigenvalue weighted by atomic mass is 10.1. The lowest BCUT2D eigenvalue weighted by Gasteiger charge is -2.30. The maximum absolute atomic E-state index is 12.4. The topological polar surface area (TPSA) is 56.4 Å². The zero-order valence-electron chi connectivity index (χ0n) is 14.6. The number of likely N-dealkylation sites (N-methyl/N-ethyl adjacent to an activating group) is 1. The molecule has 1 aromatic rings. The monoisotopic (exact) mass is 323 g/mol. The van der Waals surface area contributed by atoms with Crippen molar-refractivity contribution in [2.45, 2.75) is 19.5 Å². The summed E-state index contributed by atoms with van der Waals surface area (Å²) in [6.07, 6.45) is 0. The summed E-state index contributed by atoms with van der Waals surface area (Å²) in [6, 6.07) is 5.69. The van der Waals surface area contributed by atoms with Crippen LogP contribution in [0.3, 0.4) is 0 Å². The average molecular weight is 323 g/mol. The Morgan fingerprint density at radius 2 is 1.83 bits per heavy atom. The van der Waals surface area contributed by atoms with E-state index in [9.17, 15) is 4.79 Å². The second-order valence-corrected chi connectivity index (χ2v) is 6.24. The normalized spacial score (nSPS) is 22.3. The van der Waals surface area contributed by atoms with Crippen molar-refractivity contribution in [3.63, 3.8) is 0 Å². The van der Waals surface area contributed by atoms with Crippen LogP contribution in [0.5, 0.6) is 11.5 Å². The minimum absolute atomic E-state index is 0.0109. The maximum Gasteiger partial charge on any atom is 0.278 e. The van der Waals surface area contributed by atoms with E-state index in [0.29, 0.717) is 18.0 Å². The van der Waals surface area contributed by atoms with Gasteiger partial charge in [0.05, 0.1) is 21.3 Å². The van der Waals surface area contributed by atoms with Crippen LogP contribution in [0.4, 0.5) is 0 Å². The van der Waals surface area contributed by atoms with Crippen molar-refractivity contribution < 1.29 is 24.1 Å². The third-order valence-corrected chi connectivity index (χ3v) is 4.67. The Hall–Kier alpha value is -1.79. The smallest absolute Gasteiger partial charge is 0.278 e. The Morgan fingerprint density at radius 1 is 1.17 bits per heavy atom. The molecular formula is C17H29N3O3+2. The molecule has 0 aromatic heterocycles. The number of methoxy groups -OCH3 is 2. The van der Waals surface area contributed by atoms with Gasteiger partial charge in [0.2, 0.25) is 0 Å². The lowest BCUT2D eigenvalue weighted by molar-refractivity contribution is -1.01. The summed E-state index contributed by atoms with van der Waals surface area (Å²) in [5, 5.41) is 3.03. The second kappa shape index (κ2) is 8.17. The van der Waals surface area contributed by atoms with Gasteiger partial charge < -0.3 is 24.6 Å². The Morgan fingerprint density at radius 3 is 2.43 bits per heavy atom. The fraction of sp³-hybridized carbons (Fsp3) is 0.588. The van der Waals surface area contributed by atoms with Crippen LogP contribution in [-0.4, -0.2) is 59.4 Å². The highest BCUT2D eigenvalue weighted by molar-refractivity contribution is 5.79. The zero-order valence-corrected chi connectivity index (χ0v) is 14.6. The highest BCUT2D eigenvalue weighted by atomic mass is 16.5. The van der Waals surface area contributed by atoms with Crippen LogP contribution in [0.25, 0.3) is 0 Å². The van der Waals surface area contributed by atoms with Gasteiger partial charge in [-0.2, -0.15) is 0 Å². The number of piperazine rings is 1. The van der Waals surface area contributed by atoms with Gasteiger partial charge in [0.25, 0.3) is 5.91 Å². The molecular weight excluding hydrogens is 294 g/mol. The molecule has 0 radical (unpaired) electrons. The predicted octanol–water partition coefficient (Wildman–Crippen LogP) is -1.88. The van der Waals surface area contributed by atoms with Crippen molar-refractivity contribution >= 4 is 5.91 Å². The Bertz CT molecular complexity index is 528. The number of nitrogens with one attached hydrogen (secondary N) is 3. The average Bonchev–Trinajstić information content (AvgIpc) is 2.59. The number of rotatable bonds is 6. The largest absolute Gasteiger partial charge is 0.493 e. The van der Waals surface area contributed by atoms with Crippen LogP contribution in [-0.2, 0) is 11.3 Å². The summed E-state index contributed by atoms with van der Waals surface area (Å²) < 4.78 is 10.5. The van der Waals surface area contributed by atoms with Gasteiger partial charge in [-0.05, 0) is 24.6 Å². The minimum atomic E-state index is -0.0109. The molecule has 0 unspecified atom stereocenters. The molecule has 1 fully saturated rings. The fourth-order valence-corrected chi connectivity index (χ4v) is 2.95. The first kappa shape index (κ1) is 17.6. The van der Waals surface area contributed by atoms with Crippen LogP contribution in [0.15, 0.2) is 18.2 Å². The number of carbonyl (C=O) groups excluding carboxylic acids is 1. The third kappa shape index (κ3) is 4.59. The quantitative estimate of drug-likeness (QED) is 0.574. The molecule has 0 bridgehead atoms. The van der Waals surface area contributed by atoms with Gasteiger partial charge in [-0.15, -0.1) is 0 Å². The number of carbonyl (C=O) groups is 1. The van der Waals surface area contributed by atoms with Gasteiger partial charge in [0, 0.05) is 6.54 Å². The molecule has 3 N–H and O–H groups in total. The summed E-state index contributed by atoms with van der Waals surface area (Å²) in [5.74, 6) is 1.48. The van der Waals surface area contributed by atoms with Gasteiger partial charge in [-0.1, -0.05) is 6.07 Å². The van der Waals surface area contributed by atoms with Gasteiger partial charge in [0.1, 0.15) is 26.2 Å². The molecule has 6 heteroatoms. The number of quaternary nitrogens is 2. The molecule has 0 spiro atoms. The first-order valence-corrected chi connectivity index (χ1v) is 8.19. The van der Waals surface area contributed by atoms with Crippen molar-refractivity contribution in [2.24, 2.45) is 0 Å². The maximum atomic E-state index is 12.4. The highest BCUT2D eigenvalue weighted by Gasteiger charge is 2.29. The first-order chi connectivity index (χ1) is 11.0. The van der Waals surface area contributed by atoms with Crippen LogP contribution in [0, 0.1) is 0 Å². The minimum Gasteiger partial charge on any atom is -0.493 e. The molecule has 1 saturated heterocycles. The molecule has 0 saturated carbocycles. The molecule has 1 heterocycles. The van der Waals surface area contributed by atoms with Crippen molar-refractivity contribution in [1.29, 1.82) is 0 Å². The Balaban J connectivity index is 1.88. The molecule has 1 atom stereocenters. The zero-order chi connectivity index (χ0) is 16.8. The van der Waals surface area contributed by atoms with Crippen LogP contribution >= 0.6 is 0 Å². The van der Waals surface area contributed by atoms with E-state index < -0.39 is 0 Å². The standard InChI is InChI=1S/C17H27N3O3/c1-13(20-9-7-19(2)8-10-20)17(21)18-12-14-5-6-15(22-3)16(11-14)23-4/h5-6,11,13H,7-10,12H2,1-4H3,(H,18,21)/p+2/t13-/m1/s1. The molecule has 1 aliphatic rings. The number of benzene rings is 1. The molecule has 0 aliphatic carbocycles. The molecule has 1 aromatic carbocycles. The summed E-state index contributed by atoms with van der Waals surface area (Å²) in [4.78, 5) is 15.3. The Kier molecular flexibility index (Phi) is 6.24. The van der Waals surface area contributed by atoms with Gasteiger partial charge in [-0.3, -0.25) is 4.79 Å². The molecule has 23 heavy (non-hydrogen) atoms. The first-order valence-electron chi connectivity index (χ1n) is 8.19. The molecule has 2 rings (SSSR count). The van der Waals surface area contributed by atoms with Crippen molar-refractivity contribution in [1.82, 2.24) is 5.32 Å².